The van der Waals surface area contributed by atoms with Crippen molar-refractivity contribution in [3.63, 3.8) is 0 Å². The third kappa shape index (κ3) is 116. The van der Waals surface area contributed by atoms with E-state index in [0.29, 0.717) is 6.61 Å². The fourth-order valence-corrected chi connectivity index (χ4v) is 0.888. The Morgan fingerprint density at radius 3 is 1.42 bits per heavy atom. The largest absolute Gasteiger partial charge is 0 e. The molecule has 0 spiro atoms. The normalized spacial score (nSPS) is 5.81. The predicted molar refractivity (Wildman–Crippen MR) is 76.4 cm³/mol. The number of rotatable bonds is 7. The number of allylic oxidation sites excluding steroid dienone is 1. The molecule has 144 valence electrons. The molecule has 0 aromatic heterocycles. The van der Waals surface area contributed by atoms with Crippen LogP contribution in [0, 0.1) is 52.2 Å². The summed E-state index contributed by atoms with van der Waals surface area (Å²) >= 11 is 0. The first-order valence-corrected chi connectivity index (χ1v) is 5.36. The zero-order valence-corrected chi connectivity index (χ0v) is 15.7. The second kappa shape index (κ2) is 132. The van der Waals surface area contributed by atoms with Crippen molar-refractivity contribution in [1.29, 1.82) is 0 Å². The Balaban J connectivity index is -0.0000000252. The van der Waals surface area contributed by atoms with Crippen molar-refractivity contribution in [2.24, 2.45) is 0 Å². The van der Waals surface area contributed by atoms with Crippen LogP contribution in [-0.4, -0.2) is 12.7 Å². The first kappa shape index (κ1) is 56.3. The van der Waals surface area contributed by atoms with E-state index in [-0.39, 0.29) is 39.7 Å². The van der Waals surface area contributed by atoms with Crippen LogP contribution in [0.1, 0.15) is 19.3 Å². The van der Waals surface area contributed by atoms with Gasteiger partial charge >= 0.3 is 67.8 Å². The van der Waals surface area contributed by atoms with Crippen LogP contribution in [0.15, 0.2) is 25.3 Å². The average molecular weight is 450 g/mol. The van der Waals surface area contributed by atoms with Crippen LogP contribution >= 0.6 is 0 Å². The van der Waals surface area contributed by atoms with Crippen molar-refractivity contribution in [2.45, 2.75) is 25.4 Å². The molecular formula is C17H16Co2O7. The Bertz CT molecular complexity index is 341. The van der Waals surface area contributed by atoms with E-state index in [1.807, 2.05) is 6.08 Å². The smallest absolute Gasteiger partial charge is 0 e. The van der Waals surface area contributed by atoms with E-state index >= 15 is 0 Å². The van der Waals surface area contributed by atoms with Crippen molar-refractivity contribution >= 4 is 0 Å². The topological polar surface area (TPSA) is 129 Å². The van der Waals surface area contributed by atoms with Gasteiger partial charge in [-0.2, -0.15) is 0 Å². The summed E-state index contributed by atoms with van der Waals surface area (Å²) in [6, 6.07) is 0. The molecule has 1 atom stereocenters. The number of hydrogen-bond donors (Lipinski definition) is 0. The fraction of sp³-hybridized carbons (Fsp3) is 0.294. The second-order valence-corrected chi connectivity index (χ2v) is 2.51. The second-order valence-electron chi connectivity index (χ2n) is 2.51. The van der Waals surface area contributed by atoms with Crippen LogP contribution in [-0.2, 0) is 66.2 Å². The first-order chi connectivity index (χ1) is 11.8. The van der Waals surface area contributed by atoms with Crippen LogP contribution in [0.5, 0.6) is 0 Å². The number of ether oxygens (including phenoxy) is 1. The summed E-state index contributed by atoms with van der Waals surface area (Å²) in [6.07, 6.45) is 11.9. The maximum Gasteiger partial charge on any atom is 0 e. The number of terminal acetylenes is 1. The van der Waals surface area contributed by atoms with Crippen molar-refractivity contribution in [2.75, 3.05) is 6.61 Å². The third-order valence-electron chi connectivity index (χ3n) is 1.54. The average Bonchev–Trinajstić information content (AvgIpc) is 2.73. The van der Waals surface area contributed by atoms with Gasteiger partial charge in [0.1, 0.15) is 6.61 Å². The minimum Gasteiger partial charge on any atom is 0 e. The molecule has 0 saturated carbocycles. The summed E-state index contributed by atoms with van der Waals surface area (Å²) in [5, 5.41) is 0. The van der Waals surface area contributed by atoms with E-state index in [9.17, 15) is 0 Å². The standard InChI is InChI=1S/C11H16O.6CO.2Co/c1-4-7-8-9-11(6-3)12-10-5-2;6*1-2;;/h2,4,6,11H,1,3,7-10H2;;;;;;;;. The number of hydrogen-bond acceptors (Lipinski definition) is 1. The van der Waals surface area contributed by atoms with Crippen molar-refractivity contribution < 1.29 is 66.2 Å². The van der Waals surface area contributed by atoms with Crippen molar-refractivity contribution in [3.05, 3.63) is 65.2 Å². The Kier molecular flexibility index (Phi) is 287. The summed E-state index contributed by atoms with van der Waals surface area (Å²) in [5.74, 6) is 2.43. The molecule has 0 amide bonds. The molecule has 9 heteroatoms. The predicted octanol–water partition coefficient (Wildman–Crippen LogP) is 2.32. The maximum absolute atomic E-state index is 7.50. The van der Waals surface area contributed by atoms with Crippen molar-refractivity contribution in [3.8, 4) is 12.3 Å². The SMILES string of the molecule is C#CCOC(C=C)CCCC=C.[C-]#[O+].[C-]#[O+].[C-]#[O+].[C-]#[O+].[C-]#[O+].[C-]#[O+].[Co].[Co]. The molecule has 0 rings (SSSR count). The molecule has 26 heavy (non-hydrogen) atoms. The molecule has 2 radical (unpaired) electrons. The quantitative estimate of drug-likeness (QED) is 0.191. The van der Waals surface area contributed by atoms with Gasteiger partial charge in [0.25, 0.3) is 0 Å². The maximum atomic E-state index is 7.50. The molecule has 0 fully saturated rings. The Morgan fingerprint density at radius 1 is 0.846 bits per heavy atom. The van der Waals surface area contributed by atoms with Gasteiger partial charge in [-0.15, -0.1) is 19.6 Å². The molecule has 1 unspecified atom stereocenters. The van der Waals surface area contributed by atoms with E-state index in [0.717, 1.165) is 19.3 Å². The van der Waals surface area contributed by atoms with Crippen LogP contribution in [0.3, 0.4) is 0 Å². The molecule has 0 aliphatic heterocycles. The van der Waals surface area contributed by atoms with Crippen LogP contribution in [0.4, 0.5) is 0 Å². The number of unbranched alkanes of at least 4 members (excludes halogenated alkanes) is 1. The molecule has 0 aliphatic carbocycles. The molecule has 0 bridgehead atoms. The molecular weight excluding hydrogens is 434 g/mol. The minimum atomic E-state index is 0. The minimum absolute atomic E-state index is 0. The molecule has 0 aliphatic rings. The van der Waals surface area contributed by atoms with Gasteiger partial charge in [-0.3, -0.25) is 0 Å². The monoisotopic (exact) mass is 450 g/mol. The van der Waals surface area contributed by atoms with E-state index in [2.05, 4.69) is 59.0 Å². The van der Waals surface area contributed by atoms with Crippen LogP contribution < -0.4 is 0 Å². The van der Waals surface area contributed by atoms with E-state index in [1.165, 1.54) is 0 Å². The zero-order chi connectivity index (χ0) is 21.2. The molecule has 0 N–H and O–H groups in total. The van der Waals surface area contributed by atoms with Gasteiger partial charge in [-0.25, -0.2) is 0 Å². The van der Waals surface area contributed by atoms with Gasteiger partial charge in [0, 0.05) is 33.6 Å². The van der Waals surface area contributed by atoms with Crippen LogP contribution in [0.25, 0.3) is 0 Å². The van der Waals surface area contributed by atoms with Gasteiger partial charge < -0.3 is 4.74 Å². The molecule has 0 aromatic carbocycles. The van der Waals surface area contributed by atoms with Crippen molar-refractivity contribution in [1.82, 2.24) is 0 Å². The van der Waals surface area contributed by atoms with Crippen LogP contribution in [0.2, 0.25) is 0 Å². The molecule has 0 heterocycles. The summed E-state index contributed by atoms with van der Waals surface area (Å²) in [7, 11) is 0. The Morgan fingerprint density at radius 2 is 1.19 bits per heavy atom. The zero-order valence-electron chi connectivity index (χ0n) is 13.6. The Hall–Kier alpha value is -1.55. The summed E-state index contributed by atoms with van der Waals surface area (Å²) < 4.78 is 50.3. The fourth-order valence-electron chi connectivity index (χ4n) is 0.888. The molecule has 0 aromatic rings. The summed E-state index contributed by atoms with van der Waals surface area (Å²) in [6.45, 7) is 34.7. The van der Waals surface area contributed by atoms with E-state index in [1.54, 1.807) is 6.08 Å². The van der Waals surface area contributed by atoms with Gasteiger partial charge in [-0.05, 0) is 19.3 Å². The third-order valence-corrected chi connectivity index (χ3v) is 1.54. The molecule has 7 nitrogen and oxygen atoms in total. The van der Waals surface area contributed by atoms with Gasteiger partial charge in [0.2, 0.25) is 0 Å². The van der Waals surface area contributed by atoms with E-state index < -0.39 is 0 Å². The van der Waals surface area contributed by atoms with Gasteiger partial charge in [0.15, 0.2) is 0 Å². The summed E-state index contributed by atoms with van der Waals surface area (Å²) in [5.41, 5.74) is 0. The van der Waals surface area contributed by atoms with Gasteiger partial charge in [-0.1, -0.05) is 18.1 Å². The molecule has 0 saturated heterocycles. The first-order valence-electron chi connectivity index (χ1n) is 5.36. The Labute approximate surface area is 175 Å². The van der Waals surface area contributed by atoms with Gasteiger partial charge in [0.05, 0.1) is 6.10 Å². The van der Waals surface area contributed by atoms with E-state index in [4.69, 9.17) is 39.1 Å². The summed E-state index contributed by atoms with van der Waals surface area (Å²) in [4.78, 5) is 0.